The fourth-order valence-electron chi connectivity index (χ4n) is 2.21. The molecule has 2 nitrogen and oxygen atoms in total. The average molecular weight is 352 g/mol. The summed E-state index contributed by atoms with van der Waals surface area (Å²) in [5.41, 5.74) is 8.36. The van der Waals surface area contributed by atoms with Crippen molar-refractivity contribution in [2.24, 2.45) is 5.73 Å². The van der Waals surface area contributed by atoms with E-state index >= 15 is 0 Å². The molecule has 0 aliphatic heterocycles. The van der Waals surface area contributed by atoms with E-state index in [1.165, 1.54) is 12.1 Å². The number of halogens is 2. The Hall–Kier alpha value is -1.39. The molecular formula is C17H19BrFNO. The first-order chi connectivity index (χ1) is 10.0. The maximum absolute atomic E-state index is 13.4. The monoisotopic (exact) mass is 351 g/mol. The smallest absolute Gasteiger partial charge is 0.139 e. The highest BCUT2D eigenvalue weighted by atomic mass is 79.9. The maximum Gasteiger partial charge on any atom is 0.139 e. The second kappa shape index (κ2) is 7.05. The predicted molar refractivity (Wildman–Crippen MR) is 86.9 cm³/mol. The van der Waals surface area contributed by atoms with Crippen LogP contribution in [-0.4, -0.2) is 6.04 Å². The van der Waals surface area contributed by atoms with Crippen LogP contribution in [-0.2, 0) is 0 Å². The van der Waals surface area contributed by atoms with Crippen LogP contribution in [0.2, 0.25) is 0 Å². The van der Waals surface area contributed by atoms with Gasteiger partial charge in [0.1, 0.15) is 17.7 Å². The van der Waals surface area contributed by atoms with Gasteiger partial charge < -0.3 is 10.5 Å². The van der Waals surface area contributed by atoms with Gasteiger partial charge in [-0.05, 0) is 52.5 Å². The van der Waals surface area contributed by atoms with Crippen molar-refractivity contribution in [3.05, 3.63) is 63.9 Å². The lowest BCUT2D eigenvalue weighted by Crippen LogP contribution is -2.32. The zero-order chi connectivity index (χ0) is 15.4. The first-order valence-corrected chi connectivity index (χ1v) is 7.75. The van der Waals surface area contributed by atoms with Crippen molar-refractivity contribution < 1.29 is 9.13 Å². The molecule has 0 saturated heterocycles. The molecule has 2 unspecified atom stereocenters. The van der Waals surface area contributed by atoms with Gasteiger partial charge in [-0.1, -0.05) is 31.2 Å². The van der Waals surface area contributed by atoms with Gasteiger partial charge in [0.05, 0.1) is 4.47 Å². The Labute approximate surface area is 133 Å². The molecule has 0 amide bonds. The number of rotatable bonds is 5. The SMILES string of the molecule is CCC(N)C(Oc1cc(F)ccc1Br)c1ccccc1C. The van der Waals surface area contributed by atoms with Gasteiger partial charge in [-0.25, -0.2) is 4.39 Å². The van der Waals surface area contributed by atoms with Gasteiger partial charge in [0, 0.05) is 12.1 Å². The van der Waals surface area contributed by atoms with Gasteiger partial charge in [0.15, 0.2) is 0 Å². The van der Waals surface area contributed by atoms with E-state index in [1.807, 2.05) is 38.1 Å². The highest BCUT2D eigenvalue weighted by Crippen LogP contribution is 2.32. The van der Waals surface area contributed by atoms with Crippen LogP contribution in [0.4, 0.5) is 4.39 Å². The van der Waals surface area contributed by atoms with Crippen molar-refractivity contribution in [3.63, 3.8) is 0 Å². The molecule has 0 heterocycles. The number of hydrogen-bond donors (Lipinski definition) is 1. The zero-order valence-corrected chi connectivity index (χ0v) is 13.7. The third-order valence-electron chi connectivity index (χ3n) is 3.50. The van der Waals surface area contributed by atoms with E-state index < -0.39 is 0 Å². The summed E-state index contributed by atoms with van der Waals surface area (Å²) in [5, 5.41) is 0. The topological polar surface area (TPSA) is 35.2 Å². The molecule has 0 radical (unpaired) electrons. The lowest BCUT2D eigenvalue weighted by molar-refractivity contribution is 0.168. The van der Waals surface area contributed by atoms with E-state index in [0.717, 1.165) is 17.5 Å². The minimum Gasteiger partial charge on any atom is -0.483 e. The van der Waals surface area contributed by atoms with Gasteiger partial charge in [-0.15, -0.1) is 0 Å². The van der Waals surface area contributed by atoms with Crippen LogP contribution >= 0.6 is 15.9 Å². The lowest BCUT2D eigenvalue weighted by Gasteiger charge is -2.26. The van der Waals surface area contributed by atoms with E-state index in [9.17, 15) is 4.39 Å². The van der Waals surface area contributed by atoms with Crippen molar-refractivity contribution in [2.45, 2.75) is 32.4 Å². The van der Waals surface area contributed by atoms with Crippen molar-refractivity contribution in [1.29, 1.82) is 0 Å². The van der Waals surface area contributed by atoms with Crippen LogP contribution in [0, 0.1) is 12.7 Å². The minimum atomic E-state index is -0.332. The number of aryl methyl sites for hydroxylation is 1. The van der Waals surface area contributed by atoms with E-state index in [1.54, 1.807) is 6.07 Å². The Balaban J connectivity index is 2.38. The molecule has 2 N–H and O–H groups in total. The summed E-state index contributed by atoms with van der Waals surface area (Å²) in [6.45, 7) is 4.04. The molecule has 2 rings (SSSR count). The standard InChI is InChI=1S/C17H19BrFNO/c1-3-15(20)17(13-7-5-4-6-11(13)2)21-16-10-12(19)8-9-14(16)18/h4-10,15,17H,3,20H2,1-2H3. The summed E-state index contributed by atoms with van der Waals surface area (Å²) >= 11 is 3.39. The van der Waals surface area contributed by atoms with Gasteiger partial charge in [0.2, 0.25) is 0 Å². The molecule has 2 aromatic carbocycles. The fourth-order valence-corrected chi connectivity index (χ4v) is 2.55. The molecule has 0 spiro atoms. The first-order valence-electron chi connectivity index (χ1n) is 6.95. The van der Waals surface area contributed by atoms with Crippen molar-refractivity contribution >= 4 is 15.9 Å². The highest BCUT2D eigenvalue weighted by Gasteiger charge is 2.23. The third-order valence-corrected chi connectivity index (χ3v) is 4.16. The largest absolute Gasteiger partial charge is 0.483 e. The lowest BCUT2D eigenvalue weighted by atomic mass is 9.97. The van der Waals surface area contributed by atoms with Crippen molar-refractivity contribution in [2.75, 3.05) is 0 Å². The zero-order valence-electron chi connectivity index (χ0n) is 12.1. The summed E-state index contributed by atoms with van der Waals surface area (Å²) in [7, 11) is 0. The number of benzene rings is 2. The second-order valence-corrected chi connectivity index (χ2v) is 5.90. The van der Waals surface area contributed by atoms with Gasteiger partial charge in [0.25, 0.3) is 0 Å². The number of hydrogen-bond acceptors (Lipinski definition) is 2. The Morgan fingerprint density at radius 1 is 1.24 bits per heavy atom. The van der Waals surface area contributed by atoms with Gasteiger partial charge >= 0.3 is 0 Å². The van der Waals surface area contributed by atoms with E-state index in [4.69, 9.17) is 10.5 Å². The fraction of sp³-hybridized carbons (Fsp3) is 0.294. The van der Waals surface area contributed by atoms with Crippen molar-refractivity contribution in [1.82, 2.24) is 0 Å². The molecule has 4 heteroatoms. The quantitative estimate of drug-likeness (QED) is 0.843. The Kier molecular flexibility index (Phi) is 5.37. The van der Waals surface area contributed by atoms with Crippen LogP contribution < -0.4 is 10.5 Å². The number of ether oxygens (including phenoxy) is 1. The van der Waals surface area contributed by atoms with Crippen LogP contribution in [0.1, 0.15) is 30.6 Å². The van der Waals surface area contributed by atoms with Crippen LogP contribution in [0.5, 0.6) is 5.75 Å². The molecule has 0 aliphatic rings. The second-order valence-electron chi connectivity index (χ2n) is 5.04. The van der Waals surface area contributed by atoms with Crippen molar-refractivity contribution in [3.8, 4) is 5.75 Å². The van der Waals surface area contributed by atoms with Crippen LogP contribution in [0.25, 0.3) is 0 Å². The average Bonchev–Trinajstić information content (AvgIpc) is 2.48. The molecule has 2 atom stereocenters. The summed E-state index contributed by atoms with van der Waals surface area (Å²) in [5.74, 6) is 0.133. The maximum atomic E-state index is 13.4. The van der Waals surface area contributed by atoms with E-state index in [-0.39, 0.29) is 18.0 Å². The van der Waals surface area contributed by atoms with Gasteiger partial charge in [-0.2, -0.15) is 0 Å². The minimum absolute atomic E-state index is 0.165. The van der Waals surface area contributed by atoms with E-state index in [2.05, 4.69) is 15.9 Å². The van der Waals surface area contributed by atoms with E-state index in [0.29, 0.717) is 10.2 Å². The van der Waals surface area contributed by atoms with Crippen LogP contribution in [0.3, 0.4) is 0 Å². The molecule has 112 valence electrons. The van der Waals surface area contributed by atoms with Crippen LogP contribution in [0.15, 0.2) is 46.9 Å². The number of nitrogens with two attached hydrogens (primary N) is 1. The summed E-state index contributed by atoms with van der Waals surface area (Å²) in [6, 6.07) is 12.2. The molecule has 0 aromatic heterocycles. The highest BCUT2D eigenvalue weighted by molar-refractivity contribution is 9.10. The molecule has 0 saturated carbocycles. The Bertz CT molecular complexity index is 617. The Morgan fingerprint density at radius 2 is 1.95 bits per heavy atom. The molecule has 0 fully saturated rings. The summed E-state index contributed by atoms with van der Waals surface area (Å²) in [4.78, 5) is 0. The molecule has 21 heavy (non-hydrogen) atoms. The molecule has 0 aliphatic carbocycles. The normalized spacial score (nSPS) is 13.8. The Morgan fingerprint density at radius 3 is 2.62 bits per heavy atom. The molecular weight excluding hydrogens is 333 g/mol. The van der Waals surface area contributed by atoms with Gasteiger partial charge in [-0.3, -0.25) is 0 Å². The third kappa shape index (κ3) is 3.83. The summed E-state index contributed by atoms with van der Waals surface area (Å²) in [6.07, 6.45) is 0.459. The predicted octanol–water partition coefficient (Wildman–Crippen LogP) is 4.75. The first kappa shape index (κ1) is 16.0. The molecule has 2 aromatic rings. The summed E-state index contributed by atoms with van der Waals surface area (Å²) < 4.78 is 20.2. The molecule has 0 bridgehead atoms.